The van der Waals surface area contributed by atoms with Gasteiger partial charge in [0.1, 0.15) is 0 Å². The van der Waals surface area contributed by atoms with Crippen molar-refractivity contribution in [2.45, 2.75) is 19.4 Å². The molecule has 8 heavy (non-hydrogen) atoms. The summed E-state index contributed by atoms with van der Waals surface area (Å²) in [5, 5.41) is 11.8. The van der Waals surface area contributed by atoms with E-state index in [0.717, 1.165) is 12.5 Å². The van der Waals surface area contributed by atoms with Crippen molar-refractivity contribution in [2.24, 2.45) is 5.92 Å². The smallest absolute Gasteiger partial charge is 0.0587 e. The SMILES string of the molecule is CC[C@@H]1CN[C@@H]1CO. The van der Waals surface area contributed by atoms with Gasteiger partial charge in [-0.05, 0) is 12.5 Å². The molecule has 0 bridgehead atoms. The molecule has 0 unspecified atom stereocenters. The molecule has 0 amide bonds. The predicted octanol–water partition coefficient (Wildman–Crippen LogP) is -0.0233. The van der Waals surface area contributed by atoms with Crippen LogP contribution in [0.5, 0.6) is 0 Å². The molecule has 1 rings (SSSR count). The molecule has 1 aliphatic rings. The normalized spacial score (nSPS) is 36.8. The van der Waals surface area contributed by atoms with Crippen LogP contribution in [0.15, 0.2) is 0 Å². The van der Waals surface area contributed by atoms with Crippen LogP contribution in [-0.2, 0) is 0 Å². The lowest BCUT2D eigenvalue weighted by Crippen LogP contribution is -2.54. The fourth-order valence-electron chi connectivity index (χ4n) is 1.09. The average Bonchev–Trinajstić information content (AvgIpc) is 1.66. The number of aliphatic hydroxyl groups excluding tert-OH is 1. The summed E-state index contributed by atoms with van der Waals surface area (Å²) >= 11 is 0. The molecule has 0 saturated carbocycles. The van der Waals surface area contributed by atoms with Gasteiger partial charge >= 0.3 is 0 Å². The molecule has 2 heteroatoms. The monoisotopic (exact) mass is 115 g/mol. The fraction of sp³-hybridized carbons (Fsp3) is 1.00. The Bertz CT molecular complexity index is 60.9. The van der Waals surface area contributed by atoms with Crippen molar-refractivity contribution in [3.8, 4) is 0 Å². The summed E-state index contributed by atoms with van der Waals surface area (Å²) in [6.07, 6.45) is 1.19. The van der Waals surface area contributed by atoms with Crippen LogP contribution < -0.4 is 5.32 Å². The maximum Gasteiger partial charge on any atom is 0.0587 e. The van der Waals surface area contributed by atoms with Gasteiger partial charge in [0.2, 0.25) is 0 Å². The van der Waals surface area contributed by atoms with Crippen LogP contribution in [0.1, 0.15) is 13.3 Å². The minimum Gasteiger partial charge on any atom is -0.395 e. The van der Waals surface area contributed by atoms with E-state index in [1.807, 2.05) is 0 Å². The summed E-state index contributed by atoms with van der Waals surface area (Å²) < 4.78 is 0. The van der Waals surface area contributed by atoms with Gasteiger partial charge in [-0.25, -0.2) is 0 Å². The first kappa shape index (κ1) is 6.05. The van der Waals surface area contributed by atoms with Crippen LogP contribution in [-0.4, -0.2) is 24.3 Å². The highest BCUT2D eigenvalue weighted by Gasteiger charge is 2.26. The zero-order valence-corrected chi connectivity index (χ0v) is 5.22. The predicted molar refractivity (Wildman–Crippen MR) is 32.7 cm³/mol. The topological polar surface area (TPSA) is 32.3 Å². The van der Waals surface area contributed by atoms with Crippen LogP contribution >= 0.6 is 0 Å². The van der Waals surface area contributed by atoms with Gasteiger partial charge < -0.3 is 10.4 Å². The highest BCUT2D eigenvalue weighted by molar-refractivity contribution is 4.85. The molecular weight excluding hydrogens is 102 g/mol. The fourth-order valence-corrected chi connectivity index (χ4v) is 1.09. The summed E-state index contributed by atoms with van der Waals surface area (Å²) in [5.74, 6) is 0.736. The number of rotatable bonds is 2. The highest BCUT2D eigenvalue weighted by Crippen LogP contribution is 2.15. The molecule has 2 atom stereocenters. The van der Waals surface area contributed by atoms with Crippen LogP contribution in [0.4, 0.5) is 0 Å². The molecular formula is C6H13NO. The second kappa shape index (κ2) is 2.46. The molecule has 2 N–H and O–H groups in total. The lowest BCUT2D eigenvalue weighted by atomic mass is 9.90. The van der Waals surface area contributed by atoms with E-state index >= 15 is 0 Å². The maximum atomic E-state index is 8.63. The quantitative estimate of drug-likeness (QED) is 0.530. The Kier molecular flexibility index (Phi) is 1.86. The van der Waals surface area contributed by atoms with E-state index in [1.165, 1.54) is 6.42 Å². The molecule has 1 aliphatic heterocycles. The molecule has 2 nitrogen and oxygen atoms in total. The van der Waals surface area contributed by atoms with E-state index in [2.05, 4.69) is 12.2 Å². The largest absolute Gasteiger partial charge is 0.395 e. The Morgan fingerprint density at radius 2 is 2.50 bits per heavy atom. The second-order valence-electron chi connectivity index (χ2n) is 2.37. The van der Waals surface area contributed by atoms with Crippen LogP contribution in [0.25, 0.3) is 0 Å². The van der Waals surface area contributed by atoms with Crippen molar-refractivity contribution in [3.05, 3.63) is 0 Å². The zero-order valence-electron chi connectivity index (χ0n) is 5.22. The number of hydrogen-bond donors (Lipinski definition) is 2. The molecule has 0 aromatic carbocycles. The number of hydrogen-bond acceptors (Lipinski definition) is 2. The van der Waals surface area contributed by atoms with Gasteiger partial charge in [-0.15, -0.1) is 0 Å². The first-order chi connectivity index (χ1) is 3.88. The summed E-state index contributed by atoms with van der Waals surface area (Å²) in [5.41, 5.74) is 0. The van der Waals surface area contributed by atoms with Crippen LogP contribution in [0, 0.1) is 5.92 Å². The summed E-state index contributed by atoms with van der Waals surface area (Å²) in [7, 11) is 0. The molecule has 48 valence electrons. The molecule has 0 radical (unpaired) electrons. The molecule has 0 aromatic heterocycles. The minimum atomic E-state index is 0.304. The average molecular weight is 115 g/mol. The first-order valence-corrected chi connectivity index (χ1v) is 3.22. The lowest BCUT2D eigenvalue weighted by Gasteiger charge is -2.36. The third kappa shape index (κ3) is 0.858. The van der Waals surface area contributed by atoms with Gasteiger partial charge in [0, 0.05) is 6.04 Å². The van der Waals surface area contributed by atoms with Gasteiger partial charge in [0.05, 0.1) is 6.61 Å². The molecule has 0 aliphatic carbocycles. The van der Waals surface area contributed by atoms with Crippen molar-refractivity contribution in [3.63, 3.8) is 0 Å². The van der Waals surface area contributed by atoms with Gasteiger partial charge in [-0.3, -0.25) is 0 Å². The zero-order chi connectivity index (χ0) is 5.98. The van der Waals surface area contributed by atoms with E-state index < -0.39 is 0 Å². The Hall–Kier alpha value is -0.0800. The molecule has 1 fully saturated rings. The van der Waals surface area contributed by atoms with Crippen LogP contribution in [0.2, 0.25) is 0 Å². The van der Waals surface area contributed by atoms with Crippen LogP contribution in [0.3, 0.4) is 0 Å². The van der Waals surface area contributed by atoms with E-state index in [-0.39, 0.29) is 0 Å². The van der Waals surface area contributed by atoms with Crippen molar-refractivity contribution in [1.29, 1.82) is 0 Å². The van der Waals surface area contributed by atoms with Crippen molar-refractivity contribution in [2.75, 3.05) is 13.2 Å². The molecule has 1 heterocycles. The second-order valence-corrected chi connectivity index (χ2v) is 2.37. The van der Waals surface area contributed by atoms with Crippen molar-refractivity contribution in [1.82, 2.24) is 5.32 Å². The third-order valence-electron chi connectivity index (χ3n) is 1.93. The van der Waals surface area contributed by atoms with Gasteiger partial charge in [0.15, 0.2) is 0 Å². The summed E-state index contributed by atoms with van der Waals surface area (Å²) in [6, 6.07) is 0.403. The number of nitrogens with one attached hydrogen (secondary N) is 1. The Balaban J connectivity index is 2.16. The standard InChI is InChI=1S/C6H13NO/c1-2-5-3-7-6(5)4-8/h5-8H,2-4H2,1H3/t5-,6-/m1/s1. The van der Waals surface area contributed by atoms with Gasteiger partial charge in [-0.1, -0.05) is 13.3 Å². The van der Waals surface area contributed by atoms with E-state index in [9.17, 15) is 0 Å². The molecule has 1 saturated heterocycles. The lowest BCUT2D eigenvalue weighted by molar-refractivity contribution is 0.133. The summed E-state index contributed by atoms with van der Waals surface area (Å²) in [6.45, 7) is 3.56. The van der Waals surface area contributed by atoms with Crippen molar-refractivity contribution >= 4 is 0 Å². The maximum absolute atomic E-state index is 8.63. The third-order valence-corrected chi connectivity index (χ3v) is 1.93. The first-order valence-electron chi connectivity index (χ1n) is 3.22. The van der Waals surface area contributed by atoms with E-state index in [0.29, 0.717) is 12.6 Å². The Labute approximate surface area is 49.9 Å². The number of aliphatic hydroxyl groups is 1. The van der Waals surface area contributed by atoms with E-state index in [4.69, 9.17) is 5.11 Å². The van der Waals surface area contributed by atoms with E-state index in [1.54, 1.807) is 0 Å². The Morgan fingerprint density at radius 3 is 2.62 bits per heavy atom. The molecule has 0 aromatic rings. The minimum absolute atomic E-state index is 0.304. The summed E-state index contributed by atoms with van der Waals surface area (Å²) in [4.78, 5) is 0. The Morgan fingerprint density at radius 1 is 1.75 bits per heavy atom. The van der Waals surface area contributed by atoms with Crippen molar-refractivity contribution < 1.29 is 5.11 Å². The molecule has 0 spiro atoms. The highest BCUT2D eigenvalue weighted by atomic mass is 16.3. The van der Waals surface area contributed by atoms with Gasteiger partial charge in [-0.2, -0.15) is 0 Å². The van der Waals surface area contributed by atoms with Gasteiger partial charge in [0.25, 0.3) is 0 Å².